The van der Waals surface area contributed by atoms with E-state index in [9.17, 15) is 9.90 Å². The fourth-order valence-corrected chi connectivity index (χ4v) is 3.20. The van der Waals surface area contributed by atoms with Crippen molar-refractivity contribution < 1.29 is 14.6 Å². The summed E-state index contributed by atoms with van der Waals surface area (Å²) in [5, 5.41) is 20.8. The molecule has 1 heterocycles. The Labute approximate surface area is 155 Å². The number of aryl methyl sites for hydroxylation is 1. The van der Waals surface area contributed by atoms with E-state index >= 15 is 0 Å². The first kappa shape index (κ1) is 20.1. The number of nitriles is 1. The Bertz CT molecular complexity index is 632. The SMILES string of the molecule is Cc1cc(OCCCC2CCN(C#N)CC2)ccc1C(=O)NCC(C)O. The van der Waals surface area contributed by atoms with E-state index in [1.54, 1.807) is 13.0 Å². The number of benzene rings is 1. The molecule has 1 fully saturated rings. The molecule has 1 aliphatic heterocycles. The van der Waals surface area contributed by atoms with Crippen LogP contribution >= 0.6 is 0 Å². The van der Waals surface area contributed by atoms with E-state index < -0.39 is 6.10 Å². The highest BCUT2D eigenvalue weighted by Gasteiger charge is 2.17. The van der Waals surface area contributed by atoms with Gasteiger partial charge in [0.2, 0.25) is 0 Å². The molecular weight excluding hydrogens is 330 g/mol. The molecule has 0 aliphatic carbocycles. The number of rotatable bonds is 8. The smallest absolute Gasteiger partial charge is 0.251 e. The van der Waals surface area contributed by atoms with E-state index in [0.29, 0.717) is 18.1 Å². The number of piperidine rings is 1. The van der Waals surface area contributed by atoms with E-state index in [1.807, 2.05) is 24.0 Å². The molecule has 0 bridgehead atoms. The maximum atomic E-state index is 12.1. The summed E-state index contributed by atoms with van der Waals surface area (Å²) in [7, 11) is 0. The summed E-state index contributed by atoms with van der Waals surface area (Å²) in [5.74, 6) is 1.28. The molecule has 2 rings (SSSR count). The van der Waals surface area contributed by atoms with Crippen molar-refractivity contribution in [1.82, 2.24) is 10.2 Å². The largest absolute Gasteiger partial charge is 0.494 e. The van der Waals surface area contributed by atoms with Crippen LogP contribution in [0.15, 0.2) is 18.2 Å². The van der Waals surface area contributed by atoms with Crippen molar-refractivity contribution >= 4 is 5.91 Å². The zero-order chi connectivity index (χ0) is 18.9. The normalized spacial score (nSPS) is 16.0. The van der Waals surface area contributed by atoms with Crippen LogP contribution in [0.5, 0.6) is 5.75 Å². The van der Waals surface area contributed by atoms with Gasteiger partial charge >= 0.3 is 0 Å². The van der Waals surface area contributed by atoms with E-state index in [4.69, 9.17) is 10.00 Å². The van der Waals surface area contributed by atoms with Crippen LogP contribution in [0.25, 0.3) is 0 Å². The first-order chi connectivity index (χ1) is 12.5. The van der Waals surface area contributed by atoms with Crippen molar-refractivity contribution in [3.05, 3.63) is 29.3 Å². The van der Waals surface area contributed by atoms with Crippen LogP contribution in [0.3, 0.4) is 0 Å². The second-order valence-corrected chi connectivity index (χ2v) is 7.06. The number of nitrogens with one attached hydrogen (secondary N) is 1. The average molecular weight is 359 g/mol. The Morgan fingerprint density at radius 2 is 2.19 bits per heavy atom. The molecule has 0 spiro atoms. The molecule has 2 N–H and O–H groups in total. The number of aliphatic hydroxyl groups is 1. The molecule has 1 unspecified atom stereocenters. The van der Waals surface area contributed by atoms with E-state index in [0.717, 1.165) is 50.1 Å². The minimum Gasteiger partial charge on any atom is -0.494 e. The molecule has 1 atom stereocenters. The maximum Gasteiger partial charge on any atom is 0.251 e. The lowest BCUT2D eigenvalue weighted by Gasteiger charge is -2.27. The highest BCUT2D eigenvalue weighted by atomic mass is 16.5. The number of amides is 1. The van der Waals surface area contributed by atoms with Gasteiger partial charge in [-0.2, -0.15) is 5.26 Å². The minimum atomic E-state index is -0.561. The van der Waals surface area contributed by atoms with Gasteiger partial charge in [0.15, 0.2) is 6.19 Å². The number of carbonyl (C=O) groups is 1. The second-order valence-electron chi connectivity index (χ2n) is 7.06. The monoisotopic (exact) mass is 359 g/mol. The summed E-state index contributed by atoms with van der Waals surface area (Å²) in [6.07, 6.45) is 5.94. The lowest BCUT2D eigenvalue weighted by atomic mass is 9.92. The molecule has 0 saturated carbocycles. The van der Waals surface area contributed by atoms with Crippen LogP contribution < -0.4 is 10.1 Å². The highest BCUT2D eigenvalue weighted by molar-refractivity contribution is 5.95. The van der Waals surface area contributed by atoms with Gasteiger partial charge in [0, 0.05) is 25.2 Å². The van der Waals surface area contributed by atoms with Crippen LogP contribution in [0.1, 0.15) is 48.5 Å². The lowest BCUT2D eigenvalue weighted by molar-refractivity contribution is 0.0923. The van der Waals surface area contributed by atoms with Gasteiger partial charge in [-0.15, -0.1) is 0 Å². The van der Waals surface area contributed by atoms with E-state index in [-0.39, 0.29) is 12.5 Å². The number of carbonyl (C=O) groups excluding carboxylic acids is 1. The molecule has 1 aromatic carbocycles. The van der Waals surface area contributed by atoms with Crippen LogP contribution in [0.2, 0.25) is 0 Å². The van der Waals surface area contributed by atoms with E-state index in [1.165, 1.54) is 0 Å². The van der Waals surface area contributed by atoms with Crippen molar-refractivity contribution in [2.24, 2.45) is 5.92 Å². The first-order valence-corrected chi connectivity index (χ1v) is 9.34. The zero-order valence-corrected chi connectivity index (χ0v) is 15.7. The van der Waals surface area contributed by atoms with Crippen LogP contribution in [0, 0.1) is 24.3 Å². The minimum absolute atomic E-state index is 0.182. The van der Waals surface area contributed by atoms with Gasteiger partial charge in [-0.3, -0.25) is 4.79 Å². The van der Waals surface area contributed by atoms with Crippen LogP contribution in [0.4, 0.5) is 0 Å². The molecule has 1 saturated heterocycles. The van der Waals surface area contributed by atoms with E-state index in [2.05, 4.69) is 11.5 Å². The molecule has 0 radical (unpaired) electrons. The van der Waals surface area contributed by atoms with Gasteiger partial charge in [-0.1, -0.05) is 0 Å². The molecule has 142 valence electrons. The van der Waals surface area contributed by atoms with Crippen molar-refractivity contribution in [2.45, 2.75) is 45.6 Å². The van der Waals surface area contributed by atoms with Crippen molar-refractivity contribution in [3.8, 4) is 11.9 Å². The third-order valence-corrected chi connectivity index (χ3v) is 4.78. The molecule has 6 nitrogen and oxygen atoms in total. The Kier molecular flexibility index (Phi) is 7.73. The quantitative estimate of drug-likeness (QED) is 0.550. The average Bonchev–Trinajstić information content (AvgIpc) is 2.64. The van der Waals surface area contributed by atoms with Crippen LogP contribution in [-0.2, 0) is 0 Å². The molecule has 1 aliphatic rings. The van der Waals surface area contributed by atoms with Gasteiger partial charge < -0.3 is 20.1 Å². The Morgan fingerprint density at radius 1 is 1.46 bits per heavy atom. The molecule has 6 heteroatoms. The predicted octanol–water partition coefficient (Wildman–Crippen LogP) is 2.46. The summed E-state index contributed by atoms with van der Waals surface area (Å²) >= 11 is 0. The Morgan fingerprint density at radius 3 is 2.81 bits per heavy atom. The fourth-order valence-electron chi connectivity index (χ4n) is 3.20. The predicted molar refractivity (Wildman–Crippen MR) is 99.8 cm³/mol. The van der Waals surface area contributed by atoms with Crippen molar-refractivity contribution in [1.29, 1.82) is 5.26 Å². The van der Waals surface area contributed by atoms with Gasteiger partial charge in [-0.05, 0) is 69.2 Å². The van der Waals surface area contributed by atoms with Gasteiger partial charge in [0.05, 0.1) is 12.7 Å². The van der Waals surface area contributed by atoms with Gasteiger partial charge in [0.25, 0.3) is 5.91 Å². The fraction of sp³-hybridized carbons (Fsp3) is 0.600. The summed E-state index contributed by atoms with van der Waals surface area (Å²) in [6, 6.07) is 5.46. The maximum absolute atomic E-state index is 12.1. The highest BCUT2D eigenvalue weighted by Crippen LogP contribution is 2.22. The van der Waals surface area contributed by atoms with Crippen molar-refractivity contribution in [3.63, 3.8) is 0 Å². The third kappa shape index (κ3) is 6.23. The molecule has 1 amide bonds. The van der Waals surface area contributed by atoms with Gasteiger partial charge in [-0.25, -0.2) is 0 Å². The zero-order valence-electron chi connectivity index (χ0n) is 15.7. The second kappa shape index (κ2) is 10.0. The van der Waals surface area contributed by atoms with Crippen LogP contribution in [-0.4, -0.2) is 48.3 Å². The third-order valence-electron chi connectivity index (χ3n) is 4.78. The summed E-state index contributed by atoms with van der Waals surface area (Å²) in [4.78, 5) is 13.9. The molecule has 26 heavy (non-hydrogen) atoms. The summed E-state index contributed by atoms with van der Waals surface area (Å²) in [5.41, 5.74) is 1.46. The number of aliphatic hydroxyl groups excluding tert-OH is 1. The molecule has 0 aromatic heterocycles. The van der Waals surface area contributed by atoms with Gasteiger partial charge in [0.1, 0.15) is 5.75 Å². The summed E-state index contributed by atoms with van der Waals surface area (Å²) < 4.78 is 5.82. The topological polar surface area (TPSA) is 85.6 Å². The molecular formula is C20H29N3O3. The lowest BCUT2D eigenvalue weighted by Crippen LogP contribution is -2.30. The standard InChI is InChI=1S/C20H29N3O3/c1-15-12-18(5-6-19(15)20(25)22-13-16(2)24)26-11-3-4-17-7-9-23(14-21)10-8-17/h5-6,12,16-17,24H,3-4,7-11,13H2,1-2H3,(H,22,25). The summed E-state index contributed by atoms with van der Waals surface area (Å²) in [6.45, 7) is 6.17. The number of hydrogen-bond acceptors (Lipinski definition) is 5. The number of ether oxygens (including phenoxy) is 1. The van der Waals surface area contributed by atoms with Crippen molar-refractivity contribution in [2.75, 3.05) is 26.2 Å². The Balaban J connectivity index is 1.72. The first-order valence-electron chi connectivity index (χ1n) is 9.34. The number of nitrogens with zero attached hydrogens (tertiary/aromatic N) is 2. The molecule has 1 aromatic rings. The number of hydrogen-bond donors (Lipinski definition) is 2. The Hall–Kier alpha value is -2.26. The number of likely N-dealkylation sites (tertiary alicyclic amines) is 1.